The molecule has 1 aromatic heterocycles. The van der Waals surface area contributed by atoms with Crippen molar-refractivity contribution < 1.29 is 14.3 Å². The minimum Gasteiger partial charge on any atom is -0.450 e. The van der Waals surface area contributed by atoms with Crippen LogP contribution < -0.4 is 5.73 Å². The normalized spacial score (nSPS) is 15.1. The van der Waals surface area contributed by atoms with Gasteiger partial charge in [-0.2, -0.15) is 5.10 Å². The fourth-order valence-corrected chi connectivity index (χ4v) is 2.28. The second kappa shape index (κ2) is 6.47. The van der Waals surface area contributed by atoms with Gasteiger partial charge in [-0.25, -0.2) is 4.79 Å². The molecule has 3 N–H and O–H groups in total. The van der Waals surface area contributed by atoms with E-state index in [4.69, 9.17) is 10.5 Å². The van der Waals surface area contributed by atoms with Crippen molar-refractivity contribution in [3.63, 3.8) is 0 Å². The van der Waals surface area contributed by atoms with Crippen LogP contribution >= 0.6 is 0 Å². The summed E-state index contributed by atoms with van der Waals surface area (Å²) in [6, 6.07) is 0. The van der Waals surface area contributed by atoms with E-state index in [0.29, 0.717) is 44.9 Å². The molecule has 0 spiro atoms. The highest BCUT2D eigenvalue weighted by atomic mass is 16.6. The van der Waals surface area contributed by atoms with E-state index >= 15 is 0 Å². The summed E-state index contributed by atoms with van der Waals surface area (Å²) >= 11 is 0. The van der Waals surface area contributed by atoms with Crippen molar-refractivity contribution in [3.8, 4) is 0 Å². The second-order valence-electron chi connectivity index (χ2n) is 4.80. The highest BCUT2D eigenvalue weighted by Crippen LogP contribution is 2.17. The third-order valence-corrected chi connectivity index (χ3v) is 3.53. The van der Waals surface area contributed by atoms with Gasteiger partial charge in [-0.05, 0) is 13.3 Å². The molecule has 1 aromatic rings. The van der Waals surface area contributed by atoms with E-state index in [1.165, 1.54) is 0 Å². The Morgan fingerprint density at radius 1 is 1.24 bits per heavy atom. The first kappa shape index (κ1) is 15.1. The predicted octanol–water partition coefficient (Wildman–Crippen LogP) is 0.469. The van der Waals surface area contributed by atoms with Crippen molar-refractivity contribution >= 4 is 17.7 Å². The highest BCUT2D eigenvalue weighted by molar-refractivity contribution is 5.97. The van der Waals surface area contributed by atoms with Gasteiger partial charge in [0.15, 0.2) is 5.69 Å². The molecule has 0 aliphatic carbocycles. The molecule has 0 aromatic carbocycles. The monoisotopic (exact) mass is 295 g/mol. The molecule has 8 heteroatoms. The standard InChI is InChI=1S/C13H21N5O3/c1-3-9-10(14)11(16-15-9)12(19)17-5-7-18(8-6-17)13(20)21-4-2/h3-8,14H2,1-2H3,(H,15,16). The van der Waals surface area contributed by atoms with Gasteiger partial charge < -0.3 is 20.3 Å². The van der Waals surface area contributed by atoms with Crippen LogP contribution in [0, 0.1) is 0 Å². The first-order chi connectivity index (χ1) is 10.1. The lowest BCUT2D eigenvalue weighted by molar-refractivity contribution is 0.0566. The molecule has 1 aliphatic heterocycles. The molecule has 1 fully saturated rings. The number of nitrogen functional groups attached to an aromatic ring is 1. The maximum absolute atomic E-state index is 12.4. The van der Waals surface area contributed by atoms with E-state index in [0.717, 1.165) is 5.69 Å². The first-order valence-electron chi connectivity index (χ1n) is 7.12. The van der Waals surface area contributed by atoms with Crippen LogP contribution in [0.2, 0.25) is 0 Å². The number of amides is 2. The fourth-order valence-electron chi connectivity index (χ4n) is 2.28. The maximum Gasteiger partial charge on any atom is 0.409 e. The van der Waals surface area contributed by atoms with Crippen molar-refractivity contribution in [1.29, 1.82) is 0 Å². The number of carbonyl (C=O) groups is 2. The smallest absolute Gasteiger partial charge is 0.409 e. The number of nitrogens with zero attached hydrogens (tertiary/aromatic N) is 3. The molecule has 0 radical (unpaired) electrons. The maximum atomic E-state index is 12.4. The number of hydrogen-bond acceptors (Lipinski definition) is 5. The second-order valence-corrected chi connectivity index (χ2v) is 4.80. The number of anilines is 1. The average Bonchev–Trinajstić information content (AvgIpc) is 2.88. The van der Waals surface area contributed by atoms with Crippen molar-refractivity contribution in [2.24, 2.45) is 0 Å². The molecular weight excluding hydrogens is 274 g/mol. The number of H-pyrrole nitrogens is 1. The van der Waals surface area contributed by atoms with Gasteiger partial charge in [0.05, 0.1) is 18.0 Å². The van der Waals surface area contributed by atoms with E-state index in [1.54, 1.807) is 16.7 Å². The summed E-state index contributed by atoms with van der Waals surface area (Å²) in [7, 11) is 0. The number of nitrogens with two attached hydrogens (primary N) is 1. The van der Waals surface area contributed by atoms with Gasteiger partial charge in [0.25, 0.3) is 5.91 Å². The van der Waals surface area contributed by atoms with Crippen LogP contribution in [0.4, 0.5) is 10.5 Å². The molecule has 0 saturated carbocycles. The summed E-state index contributed by atoms with van der Waals surface area (Å²) in [6.07, 6.45) is 0.361. The topological polar surface area (TPSA) is 105 Å². The molecule has 0 atom stereocenters. The number of aryl methyl sites for hydroxylation is 1. The SMILES string of the molecule is CCOC(=O)N1CCN(C(=O)c2n[nH]c(CC)c2N)CC1. The largest absolute Gasteiger partial charge is 0.450 e. The van der Waals surface area contributed by atoms with Crippen LogP contribution in [0.3, 0.4) is 0 Å². The van der Waals surface area contributed by atoms with Crippen molar-refractivity contribution in [2.45, 2.75) is 20.3 Å². The van der Waals surface area contributed by atoms with Crippen LogP contribution in [0.5, 0.6) is 0 Å². The number of nitrogens with one attached hydrogen (secondary N) is 1. The molecule has 116 valence electrons. The number of aromatic nitrogens is 2. The molecule has 21 heavy (non-hydrogen) atoms. The van der Waals surface area contributed by atoms with Crippen molar-refractivity contribution in [1.82, 2.24) is 20.0 Å². The summed E-state index contributed by atoms with van der Waals surface area (Å²) < 4.78 is 4.94. The van der Waals surface area contributed by atoms with Crippen molar-refractivity contribution in [2.75, 3.05) is 38.5 Å². The Bertz CT molecular complexity index is 520. The predicted molar refractivity (Wildman–Crippen MR) is 76.9 cm³/mol. The van der Waals surface area contributed by atoms with Gasteiger partial charge in [0.1, 0.15) is 0 Å². The number of ether oxygens (including phenoxy) is 1. The van der Waals surface area contributed by atoms with Crippen molar-refractivity contribution in [3.05, 3.63) is 11.4 Å². The molecule has 1 aliphatic rings. The summed E-state index contributed by atoms with van der Waals surface area (Å²) in [5.41, 5.74) is 7.35. The summed E-state index contributed by atoms with van der Waals surface area (Å²) in [5, 5.41) is 6.78. The van der Waals surface area contributed by atoms with Gasteiger partial charge >= 0.3 is 6.09 Å². The Morgan fingerprint density at radius 3 is 2.38 bits per heavy atom. The van der Waals surface area contributed by atoms with Crippen LogP contribution in [-0.2, 0) is 11.2 Å². The lowest BCUT2D eigenvalue weighted by Crippen LogP contribution is -2.50. The Morgan fingerprint density at radius 2 is 1.86 bits per heavy atom. The molecule has 8 nitrogen and oxygen atoms in total. The zero-order valence-electron chi connectivity index (χ0n) is 12.4. The lowest BCUT2D eigenvalue weighted by atomic mass is 10.2. The molecule has 2 heterocycles. The zero-order valence-corrected chi connectivity index (χ0v) is 12.4. The van der Waals surface area contributed by atoms with Crippen LogP contribution in [0.1, 0.15) is 30.0 Å². The van der Waals surface area contributed by atoms with E-state index in [-0.39, 0.29) is 17.7 Å². The highest BCUT2D eigenvalue weighted by Gasteiger charge is 2.28. The van der Waals surface area contributed by atoms with Gasteiger partial charge in [0, 0.05) is 26.2 Å². The number of piperazine rings is 1. The van der Waals surface area contributed by atoms with E-state index in [9.17, 15) is 9.59 Å². The number of rotatable bonds is 3. The number of aromatic amines is 1. The number of carbonyl (C=O) groups excluding carboxylic acids is 2. The minimum absolute atomic E-state index is 0.202. The third-order valence-electron chi connectivity index (χ3n) is 3.53. The number of hydrogen-bond donors (Lipinski definition) is 2. The van der Waals surface area contributed by atoms with Gasteiger partial charge in [0.2, 0.25) is 0 Å². The third kappa shape index (κ3) is 3.09. The lowest BCUT2D eigenvalue weighted by Gasteiger charge is -2.33. The molecule has 1 saturated heterocycles. The first-order valence-corrected chi connectivity index (χ1v) is 7.12. The van der Waals surface area contributed by atoms with Gasteiger partial charge in [-0.15, -0.1) is 0 Å². The Hall–Kier alpha value is -2.25. The molecular formula is C13H21N5O3. The van der Waals surface area contributed by atoms with Gasteiger partial charge in [-0.3, -0.25) is 9.89 Å². The van der Waals surface area contributed by atoms with Gasteiger partial charge in [-0.1, -0.05) is 6.92 Å². The quantitative estimate of drug-likeness (QED) is 0.843. The van der Waals surface area contributed by atoms with E-state index in [2.05, 4.69) is 10.2 Å². The van der Waals surface area contributed by atoms with Crippen LogP contribution in [0.25, 0.3) is 0 Å². The minimum atomic E-state index is -0.336. The fraction of sp³-hybridized carbons (Fsp3) is 0.615. The van der Waals surface area contributed by atoms with E-state index < -0.39 is 0 Å². The Kier molecular flexibility index (Phi) is 4.66. The molecule has 0 bridgehead atoms. The zero-order chi connectivity index (χ0) is 15.4. The van der Waals surface area contributed by atoms with Crippen LogP contribution in [-0.4, -0.2) is 64.8 Å². The molecule has 2 rings (SSSR count). The molecule has 0 unspecified atom stereocenters. The Balaban J connectivity index is 1.97. The average molecular weight is 295 g/mol. The Labute approximate surface area is 123 Å². The van der Waals surface area contributed by atoms with Crippen LogP contribution in [0.15, 0.2) is 0 Å². The summed E-state index contributed by atoms with van der Waals surface area (Å²) in [6.45, 7) is 5.86. The van der Waals surface area contributed by atoms with E-state index in [1.807, 2.05) is 6.92 Å². The molecule has 2 amide bonds. The summed E-state index contributed by atoms with van der Waals surface area (Å²) in [4.78, 5) is 27.2. The summed E-state index contributed by atoms with van der Waals surface area (Å²) in [5.74, 6) is -0.202.